The predicted octanol–water partition coefficient (Wildman–Crippen LogP) is 1.06. The van der Waals surface area contributed by atoms with Gasteiger partial charge in [0.05, 0.1) is 5.56 Å². The molecule has 0 radical (unpaired) electrons. The van der Waals surface area contributed by atoms with E-state index in [1.54, 1.807) is 6.26 Å². The van der Waals surface area contributed by atoms with E-state index < -0.39 is 22.5 Å². The molecule has 0 aliphatic rings. The van der Waals surface area contributed by atoms with Crippen LogP contribution in [0.3, 0.4) is 0 Å². The minimum absolute atomic E-state index is 0.0220. The molecule has 21 heavy (non-hydrogen) atoms. The molecular weight excluding hydrogens is 293 g/mol. The zero-order valence-electron chi connectivity index (χ0n) is 12.0. The molecule has 0 aromatic heterocycles. The predicted molar refractivity (Wildman–Crippen MR) is 80.8 cm³/mol. The average molecular weight is 311 g/mol. The molecule has 0 spiro atoms. The molecule has 2 N–H and O–H groups in total. The highest BCUT2D eigenvalue weighted by molar-refractivity contribution is 7.84. The fraction of sp³-hybridized carbons (Fsp3) is 0.400. The number of nitrogens with one attached hydrogen (secondary N) is 1. The van der Waals surface area contributed by atoms with Crippen LogP contribution in [0.15, 0.2) is 18.2 Å². The Labute approximate surface area is 126 Å². The molecule has 0 saturated heterocycles. The van der Waals surface area contributed by atoms with Gasteiger partial charge in [0.1, 0.15) is 12.4 Å². The van der Waals surface area contributed by atoms with Gasteiger partial charge in [-0.1, -0.05) is 18.8 Å². The summed E-state index contributed by atoms with van der Waals surface area (Å²) in [6.45, 7) is 1.86. The van der Waals surface area contributed by atoms with Crippen molar-refractivity contribution in [3.05, 3.63) is 35.1 Å². The van der Waals surface area contributed by atoms with Crippen LogP contribution in [0, 0.1) is 17.7 Å². The van der Waals surface area contributed by atoms with Crippen LogP contribution in [0.4, 0.5) is 4.39 Å². The Morgan fingerprint density at radius 2 is 2.24 bits per heavy atom. The Morgan fingerprint density at radius 1 is 1.52 bits per heavy atom. The lowest BCUT2D eigenvalue weighted by atomic mass is 10.1. The van der Waals surface area contributed by atoms with E-state index in [1.165, 1.54) is 12.1 Å². The molecule has 1 aromatic rings. The number of amides is 1. The molecule has 0 fully saturated rings. The van der Waals surface area contributed by atoms with Gasteiger partial charge in [0.2, 0.25) is 0 Å². The summed E-state index contributed by atoms with van der Waals surface area (Å²) in [6, 6.07) is 4.03. The zero-order chi connectivity index (χ0) is 15.8. The lowest BCUT2D eigenvalue weighted by molar-refractivity contribution is 0.0949. The van der Waals surface area contributed by atoms with Gasteiger partial charge in [-0.15, -0.1) is 0 Å². The van der Waals surface area contributed by atoms with Gasteiger partial charge >= 0.3 is 0 Å². The third-order valence-electron chi connectivity index (χ3n) is 2.93. The van der Waals surface area contributed by atoms with E-state index in [2.05, 4.69) is 17.2 Å². The van der Waals surface area contributed by atoms with Gasteiger partial charge in [-0.2, -0.15) is 0 Å². The number of carbonyl (C=O) groups excluding carboxylic acids is 1. The van der Waals surface area contributed by atoms with Gasteiger partial charge < -0.3 is 10.4 Å². The summed E-state index contributed by atoms with van der Waals surface area (Å²) in [5.74, 6) is 3.80. The summed E-state index contributed by atoms with van der Waals surface area (Å²) < 4.78 is 25.0. The average Bonchev–Trinajstić information content (AvgIpc) is 2.44. The number of halogens is 1. The molecule has 2 atom stereocenters. The number of hydrogen-bond acceptors (Lipinski definition) is 3. The highest BCUT2D eigenvalue weighted by atomic mass is 32.2. The Bertz CT molecular complexity index is 592. The fourth-order valence-electron chi connectivity index (χ4n) is 1.57. The van der Waals surface area contributed by atoms with Crippen LogP contribution in [0.1, 0.15) is 29.3 Å². The van der Waals surface area contributed by atoms with Gasteiger partial charge in [0.15, 0.2) is 0 Å². The standard InChI is InChI=1S/C15H18FNO3S/c1-11(21(2)20)7-8-17-15(19)13-6-5-12(4-3-9-18)10-14(13)16/h5-6,10-11,18H,7-9H2,1-2H3,(H,17,19). The first-order chi connectivity index (χ1) is 9.95. The molecule has 114 valence electrons. The first-order valence-electron chi connectivity index (χ1n) is 6.45. The van der Waals surface area contributed by atoms with Crippen LogP contribution in [0.25, 0.3) is 0 Å². The maximum atomic E-state index is 13.8. The molecule has 0 bridgehead atoms. The summed E-state index contributed by atoms with van der Waals surface area (Å²) in [5, 5.41) is 11.1. The van der Waals surface area contributed by atoms with Gasteiger partial charge in [-0.3, -0.25) is 9.00 Å². The lowest BCUT2D eigenvalue weighted by Gasteiger charge is -2.09. The van der Waals surface area contributed by atoms with E-state index in [0.29, 0.717) is 18.5 Å². The van der Waals surface area contributed by atoms with E-state index in [0.717, 1.165) is 6.07 Å². The van der Waals surface area contributed by atoms with Crippen LogP contribution in [0.5, 0.6) is 0 Å². The number of rotatable bonds is 5. The van der Waals surface area contributed by atoms with Crippen molar-refractivity contribution in [2.24, 2.45) is 0 Å². The minimum Gasteiger partial charge on any atom is -0.384 e. The number of aliphatic hydroxyl groups excluding tert-OH is 1. The molecule has 4 nitrogen and oxygen atoms in total. The summed E-state index contributed by atoms with van der Waals surface area (Å²) in [6.07, 6.45) is 2.18. The second-order valence-corrected chi connectivity index (χ2v) is 6.31. The second-order valence-electron chi connectivity index (χ2n) is 4.51. The quantitative estimate of drug-likeness (QED) is 0.799. The van der Waals surface area contributed by atoms with Crippen molar-refractivity contribution in [3.63, 3.8) is 0 Å². The highest BCUT2D eigenvalue weighted by Crippen LogP contribution is 2.10. The van der Waals surface area contributed by atoms with E-state index in [-0.39, 0.29) is 17.4 Å². The minimum atomic E-state index is -0.941. The Morgan fingerprint density at radius 3 is 2.81 bits per heavy atom. The summed E-state index contributed by atoms with van der Waals surface area (Å²) in [5.41, 5.74) is 0.336. The smallest absolute Gasteiger partial charge is 0.254 e. The maximum Gasteiger partial charge on any atom is 0.254 e. The topological polar surface area (TPSA) is 66.4 Å². The Balaban J connectivity index is 2.64. The maximum absolute atomic E-state index is 13.8. The zero-order valence-corrected chi connectivity index (χ0v) is 12.8. The molecule has 1 rings (SSSR count). The largest absolute Gasteiger partial charge is 0.384 e. The summed E-state index contributed by atoms with van der Waals surface area (Å²) >= 11 is 0. The number of benzene rings is 1. The number of aliphatic hydroxyl groups is 1. The van der Waals surface area contributed by atoms with Crippen molar-refractivity contribution < 1.29 is 18.5 Å². The van der Waals surface area contributed by atoms with E-state index in [9.17, 15) is 13.4 Å². The molecular formula is C15H18FNO3S. The van der Waals surface area contributed by atoms with Gasteiger partial charge in [0, 0.05) is 34.4 Å². The Kier molecular flexibility index (Phi) is 7.06. The number of carbonyl (C=O) groups is 1. The van der Waals surface area contributed by atoms with Crippen LogP contribution in [-0.2, 0) is 10.8 Å². The van der Waals surface area contributed by atoms with E-state index in [1.807, 2.05) is 6.92 Å². The molecule has 0 aliphatic carbocycles. The molecule has 2 unspecified atom stereocenters. The fourth-order valence-corrected chi connectivity index (χ4v) is 2.02. The van der Waals surface area contributed by atoms with Gasteiger partial charge in [-0.05, 0) is 24.6 Å². The van der Waals surface area contributed by atoms with Crippen molar-refractivity contribution >= 4 is 16.7 Å². The molecule has 6 heteroatoms. The van der Waals surface area contributed by atoms with Crippen LogP contribution in [0.2, 0.25) is 0 Å². The number of hydrogen-bond donors (Lipinski definition) is 2. The third kappa shape index (κ3) is 5.66. The van der Waals surface area contributed by atoms with E-state index >= 15 is 0 Å². The summed E-state index contributed by atoms with van der Waals surface area (Å²) in [7, 11) is -0.941. The molecule has 1 aromatic carbocycles. The first-order valence-corrected chi connectivity index (χ1v) is 8.07. The Hall–Kier alpha value is -1.71. The van der Waals surface area contributed by atoms with Crippen molar-refractivity contribution in [2.45, 2.75) is 18.6 Å². The van der Waals surface area contributed by atoms with Crippen molar-refractivity contribution in [1.82, 2.24) is 5.32 Å². The van der Waals surface area contributed by atoms with E-state index in [4.69, 9.17) is 5.11 Å². The first kappa shape index (κ1) is 17.3. The molecule has 0 saturated carbocycles. The van der Waals surface area contributed by atoms with Crippen molar-refractivity contribution in [1.29, 1.82) is 0 Å². The SMILES string of the molecule is CC(CCNC(=O)c1ccc(C#CCO)cc1F)S(C)=O. The van der Waals surface area contributed by atoms with Gasteiger partial charge in [-0.25, -0.2) is 4.39 Å². The third-order valence-corrected chi connectivity index (χ3v) is 4.30. The van der Waals surface area contributed by atoms with Crippen molar-refractivity contribution in [3.8, 4) is 11.8 Å². The highest BCUT2D eigenvalue weighted by Gasteiger charge is 2.12. The van der Waals surface area contributed by atoms with Crippen molar-refractivity contribution in [2.75, 3.05) is 19.4 Å². The van der Waals surface area contributed by atoms with Gasteiger partial charge in [0.25, 0.3) is 5.91 Å². The normalized spacial score (nSPS) is 13.0. The molecule has 1 amide bonds. The van der Waals surface area contributed by atoms with Crippen LogP contribution < -0.4 is 5.32 Å². The second kappa shape index (κ2) is 8.55. The monoisotopic (exact) mass is 311 g/mol. The molecule has 0 aliphatic heterocycles. The van der Waals surface area contributed by atoms with Crippen LogP contribution in [-0.4, -0.2) is 39.9 Å². The summed E-state index contributed by atoms with van der Waals surface area (Å²) in [4.78, 5) is 11.8. The molecule has 0 heterocycles. The van der Waals surface area contributed by atoms with Crippen LogP contribution >= 0.6 is 0 Å². The lowest BCUT2D eigenvalue weighted by Crippen LogP contribution is -2.28.